The number of nitrogens with zero attached hydrogens (tertiary/aromatic N) is 1. The summed E-state index contributed by atoms with van der Waals surface area (Å²) >= 11 is 3.09. The number of nitrogens with one attached hydrogen (secondary N) is 1. The molecule has 1 fully saturated rings. The van der Waals surface area contributed by atoms with Crippen LogP contribution in [0.25, 0.3) is 0 Å². The highest BCUT2D eigenvalue weighted by molar-refractivity contribution is 7.99. The van der Waals surface area contributed by atoms with Crippen molar-refractivity contribution >= 4 is 35.0 Å². The Morgan fingerprint density at radius 1 is 1.48 bits per heavy atom. The van der Waals surface area contributed by atoms with E-state index in [0.717, 1.165) is 10.8 Å². The number of carbonyl (C=O) groups excluding carboxylic acids is 1. The third-order valence-electron chi connectivity index (χ3n) is 3.34. The van der Waals surface area contributed by atoms with Crippen molar-refractivity contribution in [1.29, 1.82) is 0 Å². The number of rotatable bonds is 4. The van der Waals surface area contributed by atoms with Crippen LogP contribution in [0.15, 0.2) is 5.38 Å². The molecule has 0 radical (unpaired) electrons. The van der Waals surface area contributed by atoms with Crippen LogP contribution in [0.1, 0.15) is 37.9 Å². The summed E-state index contributed by atoms with van der Waals surface area (Å²) in [5.41, 5.74) is -0.442. The molecule has 1 aromatic rings. The summed E-state index contributed by atoms with van der Waals surface area (Å²) < 4.78 is 0. The fourth-order valence-electron chi connectivity index (χ4n) is 2.09. The van der Waals surface area contributed by atoms with Crippen LogP contribution in [-0.2, 0) is 21.4 Å². The van der Waals surface area contributed by atoms with E-state index in [1.807, 2.05) is 5.38 Å². The lowest BCUT2D eigenvalue weighted by Gasteiger charge is -2.24. The van der Waals surface area contributed by atoms with E-state index >= 15 is 0 Å². The summed E-state index contributed by atoms with van der Waals surface area (Å²) in [4.78, 5) is 28.0. The number of thiazole rings is 1. The predicted octanol–water partition coefficient (Wildman–Crippen LogP) is 2.06. The molecule has 1 aliphatic rings. The minimum Gasteiger partial charge on any atom is -0.479 e. The van der Waals surface area contributed by atoms with Crippen molar-refractivity contribution in [2.75, 3.05) is 11.5 Å². The summed E-state index contributed by atoms with van der Waals surface area (Å²) in [7, 11) is 0. The lowest BCUT2D eigenvalue weighted by Crippen LogP contribution is -2.55. The summed E-state index contributed by atoms with van der Waals surface area (Å²) in [6.45, 7) is 6.22. The van der Waals surface area contributed by atoms with Crippen LogP contribution in [-0.4, -0.2) is 39.0 Å². The Kier molecular flexibility index (Phi) is 4.63. The van der Waals surface area contributed by atoms with Crippen LogP contribution in [0.3, 0.4) is 0 Å². The van der Waals surface area contributed by atoms with Crippen molar-refractivity contribution < 1.29 is 14.7 Å². The molecule has 1 amide bonds. The van der Waals surface area contributed by atoms with Gasteiger partial charge in [0.15, 0.2) is 0 Å². The monoisotopic (exact) mass is 328 g/mol. The fourth-order valence-corrected chi connectivity index (χ4v) is 4.33. The van der Waals surface area contributed by atoms with E-state index in [9.17, 15) is 14.7 Å². The number of carboxylic acid groups (broad SMARTS) is 1. The molecule has 2 rings (SSSR count). The van der Waals surface area contributed by atoms with Crippen molar-refractivity contribution in [3.05, 3.63) is 16.1 Å². The Morgan fingerprint density at radius 3 is 2.67 bits per heavy atom. The molecule has 7 heteroatoms. The Bertz CT molecular complexity index is 543. The second kappa shape index (κ2) is 5.96. The molecule has 1 aliphatic heterocycles. The maximum Gasteiger partial charge on any atom is 0.330 e. The van der Waals surface area contributed by atoms with E-state index in [1.165, 1.54) is 11.3 Å². The standard InChI is InChI=1S/C14H20N2O3S2/c1-13(2,3)11-15-9(7-21-11)6-10(17)16-14(12(18)19)4-5-20-8-14/h7H,4-6,8H2,1-3H3,(H,16,17)(H,18,19). The van der Waals surface area contributed by atoms with Gasteiger partial charge in [0.1, 0.15) is 5.54 Å². The Labute approximate surface area is 132 Å². The lowest BCUT2D eigenvalue weighted by atomic mass is 9.98. The molecule has 0 saturated carbocycles. The number of thioether (sulfide) groups is 1. The molecule has 21 heavy (non-hydrogen) atoms. The number of hydrogen-bond acceptors (Lipinski definition) is 5. The molecule has 1 atom stereocenters. The van der Waals surface area contributed by atoms with Gasteiger partial charge in [0.25, 0.3) is 0 Å². The molecule has 2 heterocycles. The summed E-state index contributed by atoms with van der Waals surface area (Å²) in [6.07, 6.45) is 0.606. The number of aliphatic carboxylic acids is 1. The molecule has 0 bridgehead atoms. The second-order valence-corrected chi connectivity index (χ2v) is 8.27. The van der Waals surface area contributed by atoms with Gasteiger partial charge >= 0.3 is 5.97 Å². The van der Waals surface area contributed by atoms with Crippen LogP contribution in [0, 0.1) is 0 Å². The van der Waals surface area contributed by atoms with Crippen LogP contribution in [0.4, 0.5) is 0 Å². The van der Waals surface area contributed by atoms with Gasteiger partial charge in [-0.3, -0.25) is 4.79 Å². The van der Waals surface area contributed by atoms with E-state index in [0.29, 0.717) is 17.9 Å². The number of hydrogen-bond donors (Lipinski definition) is 2. The van der Waals surface area contributed by atoms with Gasteiger partial charge in [-0.1, -0.05) is 20.8 Å². The molecular formula is C14H20N2O3S2. The first-order valence-corrected chi connectivity index (χ1v) is 8.83. The van der Waals surface area contributed by atoms with Crippen molar-refractivity contribution in [2.45, 2.75) is 44.6 Å². The average Bonchev–Trinajstić information content (AvgIpc) is 2.97. The minimum atomic E-state index is -1.11. The summed E-state index contributed by atoms with van der Waals surface area (Å²) in [5.74, 6) is -0.0318. The van der Waals surface area contributed by atoms with Crippen molar-refractivity contribution in [1.82, 2.24) is 10.3 Å². The number of amides is 1. The molecule has 1 aromatic heterocycles. The van der Waals surface area contributed by atoms with Gasteiger partial charge in [-0.05, 0) is 12.2 Å². The van der Waals surface area contributed by atoms with Crippen molar-refractivity contribution in [2.24, 2.45) is 0 Å². The molecule has 0 spiro atoms. The molecule has 1 saturated heterocycles. The largest absolute Gasteiger partial charge is 0.479 e. The van der Waals surface area contributed by atoms with Crippen LogP contribution < -0.4 is 5.32 Å². The van der Waals surface area contributed by atoms with Crippen LogP contribution >= 0.6 is 23.1 Å². The molecule has 2 N–H and O–H groups in total. The zero-order chi connectivity index (χ0) is 15.7. The Morgan fingerprint density at radius 2 is 2.19 bits per heavy atom. The van der Waals surface area contributed by atoms with E-state index in [2.05, 4.69) is 31.1 Å². The fraction of sp³-hybridized carbons (Fsp3) is 0.643. The smallest absolute Gasteiger partial charge is 0.330 e. The van der Waals surface area contributed by atoms with E-state index in [-0.39, 0.29) is 17.7 Å². The molecular weight excluding hydrogens is 308 g/mol. The number of aromatic nitrogens is 1. The van der Waals surface area contributed by atoms with Crippen molar-refractivity contribution in [3.8, 4) is 0 Å². The SMILES string of the molecule is CC(C)(C)c1nc(CC(=O)NC2(C(=O)O)CCSC2)cs1. The quantitative estimate of drug-likeness (QED) is 0.884. The highest BCUT2D eigenvalue weighted by Crippen LogP contribution is 2.29. The van der Waals surface area contributed by atoms with Gasteiger partial charge in [0.2, 0.25) is 5.91 Å². The lowest BCUT2D eigenvalue weighted by molar-refractivity contribution is -0.146. The van der Waals surface area contributed by atoms with Gasteiger partial charge in [-0.25, -0.2) is 9.78 Å². The Hall–Kier alpha value is -1.08. The molecule has 0 aromatic carbocycles. The first-order valence-electron chi connectivity index (χ1n) is 6.80. The van der Waals surface area contributed by atoms with Gasteiger partial charge in [-0.15, -0.1) is 11.3 Å². The zero-order valence-corrected chi connectivity index (χ0v) is 14.1. The molecule has 116 valence electrons. The normalized spacial score (nSPS) is 22.2. The first-order chi connectivity index (χ1) is 9.73. The van der Waals surface area contributed by atoms with Crippen molar-refractivity contribution in [3.63, 3.8) is 0 Å². The second-order valence-electron chi connectivity index (χ2n) is 6.31. The third kappa shape index (κ3) is 3.77. The third-order valence-corrected chi connectivity index (χ3v) is 5.85. The predicted molar refractivity (Wildman–Crippen MR) is 85.0 cm³/mol. The minimum absolute atomic E-state index is 0.0379. The summed E-state index contributed by atoms with van der Waals surface area (Å²) in [6, 6.07) is 0. The van der Waals surface area contributed by atoms with Crippen LogP contribution in [0.2, 0.25) is 0 Å². The van der Waals surface area contributed by atoms with Gasteiger partial charge < -0.3 is 10.4 Å². The van der Waals surface area contributed by atoms with E-state index in [4.69, 9.17) is 0 Å². The molecule has 0 aliphatic carbocycles. The highest BCUT2D eigenvalue weighted by atomic mass is 32.2. The van der Waals surface area contributed by atoms with Gasteiger partial charge in [0, 0.05) is 16.5 Å². The maximum atomic E-state index is 12.1. The zero-order valence-electron chi connectivity index (χ0n) is 12.4. The van der Waals surface area contributed by atoms with Gasteiger partial charge in [0.05, 0.1) is 17.1 Å². The number of carbonyl (C=O) groups is 2. The topological polar surface area (TPSA) is 79.3 Å². The highest BCUT2D eigenvalue weighted by Gasteiger charge is 2.43. The summed E-state index contributed by atoms with van der Waals surface area (Å²) in [5, 5.41) is 14.9. The molecule has 1 unspecified atom stereocenters. The molecule has 5 nitrogen and oxygen atoms in total. The maximum absolute atomic E-state index is 12.1. The Balaban J connectivity index is 2.01. The average molecular weight is 328 g/mol. The van der Waals surface area contributed by atoms with Crippen LogP contribution in [0.5, 0.6) is 0 Å². The van der Waals surface area contributed by atoms with E-state index in [1.54, 1.807) is 11.8 Å². The van der Waals surface area contributed by atoms with E-state index < -0.39 is 11.5 Å². The first kappa shape index (κ1) is 16.3. The van der Waals surface area contributed by atoms with Gasteiger partial charge in [-0.2, -0.15) is 11.8 Å². The number of carboxylic acids is 1.